The first-order valence-corrected chi connectivity index (χ1v) is 4.33. The third-order valence-corrected chi connectivity index (χ3v) is 1.91. The zero-order valence-electron chi connectivity index (χ0n) is 7.79. The van der Waals surface area contributed by atoms with Crippen LogP contribution in [0, 0.1) is 5.82 Å². The van der Waals surface area contributed by atoms with Crippen molar-refractivity contribution in [3.8, 4) is 0 Å². The van der Waals surface area contributed by atoms with Crippen molar-refractivity contribution in [2.45, 2.75) is 6.42 Å². The highest BCUT2D eigenvalue weighted by Gasteiger charge is 2.05. The number of hydrogen-bond acceptors (Lipinski definition) is 3. The molecule has 74 valence electrons. The number of oxazole rings is 1. The summed E-state index contributed by atoms with van der Waals surface area (Å²) in [5.74, 6) is 0.275. The fourth-order valence-corrected chi connectivity index (χ4v) is 1.24. The van der Waals surface area contributed by atoms with E-state index in [0.29, 0.717) is 30.0 Å². The molecule has 0 radical (unpaired) electrons. The van der Waals surface area contributed by atoms with Crippen molar-refractivity contribution >= 4 is 11.1 Å². The number of rotatable bonds is 3. The highest BCUT2D eigenvalue weighted by molar-refractivity contribution is 5.72. The Labute approximate surface area is 80.5 Å². The van der Waals surface area contributed by atoms with E-state index in [2.05, 4.69) is 4.98 Å². The van der Waals surface area contributed by atoms with Crippen LogP contribution in [0.15, 0.2) is 22.6 Å². The maximum Gasteiger partial charge on any atom is 0.197 e. The van der Waals surface area contributed by atoms with Crippen LogP contribution in [0.2, 0.25) is 0 Å². The Morgan fingerprint density at radius 2 is 2.36 bits per heavy atom. The fraction of sp³-hybridized carbons (Fsp3) is 0.300. The quantitative estimate of drug-likeness (QED) is 0.752. The molecule has 0 spiro atoms. The first-order chi connectivity index (χ1) is 6.79. The molecule has 0 amide bonds. The lowest BCUT2D eigenvalue weighted by atomic mass is 10.3. The predicted molar refractivity (Wildman–Crippen MR) is 49.5 cm³/mol. The van der Waals surface area contributed by atoms with Crippen LogP contribution >= 0.6 is 0 Å². The molecule has 0 bridgehead atoms. The van der Waals surface area contributed by atoms with Gasteiger partial charge in [0.1, 0.15) is 11.3 Å². The molecular formula is C10H10FNO2. The van der Waals surface area contributed by atoms with Crippen LogP contribution in [-0.4, -0.2) is 18.7 Å². The first kappa shape index (κ1) is 9.15. The number of benzene rings is 1. The maximum atomic E-state index is 12.8. The van der Waals surface area contributed by atoms with Crippen LogP contribution < -0.4 is 0 Å². The summed E-state index contributed by atoms with van der Waals surface area (Å²) < 4.78 is 23.1. The second-order valence-electron chi connectivity index (χ2n) is 2.96. The summed E-state index contributed by atoms with van der Waals surface area (Å²) in [5.41, 5.74) is 1.16. The molecule has 1 aromatic carbocycles. The van der Waals surface area contributed by atoms with Gasteiger partial charge in [-0.25, -0.2) is 9.37 Å². The number of ether oxygens (including phenoxy) is 1. The van der Waals surface area contributed by atoms with Crippen molar-refractivity contribution in [3.05, 3.63) is 29.9 Å². The summed E-state index contributed by atoms with van der Waals surface area (Å²) in [7, 11) is 1.61. The summed E-state index contributed by atoms with van der Waals surface area (Å²) in [5, 5.41) is 0. The number of fused-ring (bicyclic) bond motifs is 1. The van der Waals surface area contributed by atoms with E-state index in [-0.39, 0.29) is 5.82 Å². The Morgan fingerprint density at radius 1 is 1.50 bits per heavy atom. The summed E-state index contributed by atoms with van der Waals surface area (Å²) in [4.78, 5) is 4.12. The first-order valence-electron chi connectivity index (χ1n) is 4.33. The Bertz CT molecular complexity index is 439. The predicted octanol–water partition coefficient (Wildman–Crippen LogP) is 2.16. The van der Waals surface area contributed by atoms with Crippen LogP contribution in [0.25, 0.3) is 11.1 Å². The standard InChI is InChI=1S/C10H10FNO2/c1-13-5-4-10-12-8-6-7(11)2-3-9(8)14-10/h2-3,6H,4-5H2,1H3. The average molecular weight is 195 g/mol. The van der Waals surface area contributed by atoms with Gasteiger partial charge in [0.25, 0.3) is 0 Å². The van der Waals surface area contributed by atoms with Gasteiger partial charge in [0.15, 0.2) is 11.5 Å². The second-order valence-corrected chi connectivity index (χ2v) is 2.96. The van der Waals surface area contributed by atoms with Gasteiger partial charge >= 0.3 is 0 Å². The van der Waals surface area contributed by atoms with Crippen LogP contribution in [0.3, 0.4) is 0 Å². The van der Waals surface area contributed by atoms with Crippen molar-refractivity contribution in [1.82, 2.24) is 4.98 Å². The molecular weight excluding hydrogens is 185 g/mol. The number of halogens is 1. The summed E-state index contributed by atoms with van der Waals surface area (Å²) in [6, 6.07) is 4.29. The summed E-state index contributed by atoms with van der Waals surface area (Å²) in [6.07, 6.45) is 0.604. The van der Waals surface area contributed by atoms with Crippen LogP contribution in [0.4, 0.5) is 4.39 Å². The zero-order valence-corrected chi connectivity index (χ0v) is 7.79. The minimum absolute atomic E-state index is 0.302. The normalized spacial score (nSPS) is 11.0. The molecule has 1 heterocycles. The third-order valence-electron chi connectivity index (χ3n) is 1.91. The monoisotopic (exact) mass is 195 g/mol. The summed E-state index contributed by atoms with van der Waals surface area (Å²) in [6.45, 7) is 0.551. The molecule has 0 saturated carbocycles. The molecule has 2 rings (SSSR count). The molecule has 0 aliphatic rings. The molecule has 2 aromatic rings. The molecule has 3 nitrogen and oxygen atoms in total. The topological polar surface area (TPSA) is 35.3 Å². The minimum atomic E-state index is -0.302. The summed E-state index contributed by atoms with van der Waals surface area (Å²) >= 11 is 0. The number of hydrogen-bond donors (Lipinski definition) is 0. The van der Waals surface area contributed by atoms with E-state index in [1.54, 1.807) is 13.2 Å². The Balaban J connectivity index is 2.32. The number of methoxy groups -OCH3 is 1. The third kappa shape index (κ3) is 1.75. The lowest BCUT2D eigenvalue weighted by Gasteiger charge is -1.91. The van der Waals surface area contributed by atoms with E-state index in [0.717, 1.165) is 0 Å². The van der Waals surface area contributed by atoms with Gasteiger partial charge in [0, 0.05) is 19.6 Å². The maximum absolute atomic E-state index is 12.8. The molecule has 0 fully saturated rings. The number of nitrogens with zero attached hydrogens (tertiary/aromatic N) is 1. The molecule has 0 atom stereocenters. The zero-order chi connectivity index (χ0) is 9.97. The van der Waals surface area contributed by atoms with Crippen molar-refractivity contribution in [1.29, 1.82) is 0 Å². The van der Waals surface area contributed by atoms with Gasteiger partial charge in [-0.2, -0.15) is 0 Å². The van der Waals surface area contributed by atoms with Crippen molar-refractivity contribution < 1.29 is 13.5 Å². The number of aromatic nitrogens is 1. The molecule has 0 aliphatic heterocycles. The van der Waals surface area contributed by atoms with Crippen molar-refractivity contribution in [2.75, 3.05) is 13.7 Å². The molecule has 4 heteroatoms. The second kappa shape index (κ2) is 3.75. The highest BCUT2D eigenvalue weighted by atomic mass is 19.1. The molecule has 0 N–H and O–H groups in total. The van der Waals surface area contributed by atoms with Crippen LogP contribution in [0.1, 0.15) is 5.89 Å². The van der Waals surface area contributed by atoms with Gasteiger partial charge in [-0.1, -0.05) is 0 Å². The van der Waals surface area contributed by atoms with Crippen molar-refractivity contribution in [2.24, 2.45) is 0 Å². The highest BCUT2D eigenvalue weighted by Crippen LogP contribution is 2.16. The molecule has 0 saturated heterocycles. The van der Waals surface area contributed by atoms with Gasteiger partial charge in [0.05, 0.1) is 6.61 Å². The lowest BCUT2D eigenvalue weighted by molar-refractivity contribution is 0.196. The van der Waals surface area contributed by atoms with Gasteiger partial charge in [-0.15, -0.1) is 0 Å². The van der Waals surface area contributed by atoms with E-state index in [1.807, 2.05) is 0 Å². The largest absolute Gasteiger partial charge is 0.441 e. The smallest absolute Gasteiger partial charge is 0.197 e. The lowest BCUT2D eigenvalue weighted by Crippen LogP contribution is -1.93. The SMILES string of the molecule is COCCc1nc2cc(F)ccc2o1. The Morgan fingerprint density at radius 3 is 3.14 bits per heavy atom. The molecule has 14 heavy (non-hydrogen) atoms. The van der Waals surface area contributed by atoms with Crippen LogP contribution in [0.5, 0.6) is 0 Å². The molecule has 1 aromatic heterocycles. The molecule has 0 unspecified atom stereocenters. The van der Waals surface area contributed by atoms with Gasteiger partial charge < -0.3 is 9.15 Å². The van der Waals surface area contributed by atoms with Gasteiger partial charge in [-0.05, 0) is 12.1 Å². The minimum Gasteiger partial charge on any atom is -0.441 e. The van der Waals surface area contributed by atoms with E-state index < -0.39 is 0 Å². The van der Waals surface area contributed by atoms with E-state index in [4.69, 9.17) is 9.15 Å². The fourth-order valence-electron chi connectivity index (χ4n) is 1.24. The Hall–Kier alpha value is -1.42. The van der Waals surface area contributed by atoms with E-state index in [1.165, 1.54) is 12.1 Å². The van der Waals surface area contributed by atoms with Gasteiger partial charge in [-0.3, -0.25) is 0 Å². The van der Waals surface area contributed by atoms with E-state index in [9.17, 15) is 4.39 Å². The Kier molecular flexibility index (Phi) is 2.45. The van der Waals surface area contributed by atoms with E-state index >= 15 is 0 Å². The van der Waals surface area contributed by atoms with Crippen LogP contribution in [-0.2, 0) is 11.2 Å². The average Bonchev–Trinajstić information content (AvgIpc) is 2.56. The van der Waals surface area contributed by atoms with Crippen molar-refractivity contribution in [3.63, 3.8) is 0 Å². The van der Waals surface area contributed by atoms with Gasteiger partial charge in [0.2, 0.25) is 0 Å². The molecule has 0 aliphatic carbocycles.